The van der Waals surface area contributed by atoms with Gasteiger partial charge in [-0.2, -0.15) is 0 Å². The molecule has 0 saturated heterocycles. The largest absolute Gasteiger partial charge is 0.361 e. The molecule has 1 amide bonds. The highest BCUT2D eigenvalue weighted by atomic mass is 16.5. The van der Waals surface area contributed by atoms with Crippen LogP contribution in [0.2, 0.25) is 0 Å². The van der Waals surface area contributed by atoms with Gasteiger partial charge in [-0.1, -0.05) is 39.8 Å². The number of nitrogens with zero attached hydrogens (tertiary/aromatic N) is 2. The SMILES string of the molecule is CCCN(CCC)C(CC)(CC)C(C)(C)NC(=O)c1cc(CC)on1. The Balaban J connectivity index is 3.11. The normalized spacial score (nSPS) is 12.6. The first-order chi connectivity index (χ1) is 11.8. The number of aryl methyl sites for hydroxylation is 1. The first-order valence-corrected chi connectivity index (χ1v) is 9.84. The minimum atomic E-state index is -0.386. The second-order valence-electron chi connectivity index (χ2n) is 7.34. The minimum Gasteiger partial charge on any atom is -0.361 e. The maximum absolute atomic E-state index is 12.8. The van der Waals surface area contributed by atoms with Crippen molar-refractivity contribution >= 4 is 5.91 Å². The lowest BCUT2D eigenvalue weighted by molar-refractivity contribution is 0.00271. The molecule has 1 N–H and O–H groups in total. The van der Waals surface area contributed by atoms with Crippen LogP contribution >= 0.6 is 0 Å². The van der Waals surface area contributed by atoms with Crippen molar-refractivity contribution in [3.63, 3.8) is 0 Å². The number of carbonyl (C=O) groups is 1. The number of nitrogens with one attached hydrogen (secondary N) is 1. The number of carbonyl (C=O) groups excluding carboxylic acids is 1. The molecule has 0 atom stereocenters. The molecule has 1 aromatic heterocycles. The maximum Gasteiger partial charge on any atom is 0.273 e. The molecular formula is C20H37N3O2. The molecule has 5 nitrogen and oxygen atoms in total. The molecule has 0 fully saturated rings. The molecular weight excluding hydrogens is 314 g/mol. The van der Waals surface area contributed by atoms with Gasteiger partial charge < -0.3 is 9.84 Å². The van der Waals surface area contributed by atoms with Gasteiger partial charge in [0.25, 0.3) is 5.91 Å². The summed E-state index contributed by atoms with van der Waals surface area (Å²) in [6.45, 7) is 17.2. The van der Waals surface area contributed by atoms with Gasteiger partial charge in [0.2, 0.25) is 0 Å². The first-order valence-electron chi connectivity index (χ1n) is 9.84. The Labute approximate surface area is 153 Å². The molecule has 1 heterocycles. The summed E-state index contributed by atoms with van der Waals surface area (Å²) in [7, 11) is 0. The van der Waals surface area contributed by atoms with Crippen molar-refractivity contribution in [2.45, 2.75) is 91.6 Å². The van der Waals surface area contributed by atoms with E-state index in [1.54, 1.807) is 6.07 Å². The Bertz CT molecular complexity index is 527. The van der Waals surface area contributed by atoms with Crippen molar-refractivity contribution in [3.05, 3.63) is 17.5 Å². The zero-order valence-corrected chi connectivity index (χ0v) is 17.2. The van der Waals surface area contributed by atoms with Crippen molar-refractivity contribution in [2.24, 2.45) is 0 Å². The molecule has 144 valence electrons. The van der Waals surface area contributed by atoms with E-state index in [-0.39, 0.29) is 17.0 Å². The Morgan fingerprint density at radius 2 is 1.68 bits per heavy atom. The van der Waals surface area contributed by atoms with Gasteiger partial charge in [0, 0.05) is 18.0 Å². The molecule has 0 radical (unpaired) electrons. The molecule has 25 heavy (non-hydrogen) atoms. The Hall–Kier alpha value is -1.36. The molecule has 0 aliphatic carbocycles. The molecule has 0 bridgehead atoms. The lowest BCUT2D eigenvalue weighted by Gasteiger charge is -2.53. The molecule has 5 heteroatoms. The number of aromatic nitrogens is 1. The van der Waals surface area contributed by atoms with Crippen LogP contribution in [0.1, 0.15) is 90.4 Å². The van der Waals surface area contributed by atoms with E-state index in [2.05, 4.69) is 56.9 Å². The lowest BCUT2D eigenvalue weighted by atomic mass is 9.73. The number of hydrogen-bond acceptors (Lipinski definition) is 4. The Kier molecular flexibility index (Phi) is 8.13. The van der Waals surface area contributed by atoms with Gasteiger partial charge in [-0.05, 0) is 52.6 Å². The van der Waals surface area contributed by atoms with E-state index in [0.717, 1.165) is 51.0 Å². The summed E-state index contributed by atoms with van der Waals surface area (Å²) in [6.07, 6.45) is 4.91. The molecule has 1 rings (SSSR count). The van der Waals surface area contributed by atoms with Crippen molar-refractivity contribution in [3.8, 4) is 0 Å². The fraction of sp³-hybridized carbons (Fsp3) is 0.800. The third kappa shape index (κ3) is 4.63. The van der Waals surface area contributed by atoms with E-state index >= 15 is 0 Å². The first kappa shape index (κ1) is 21.7. The van der Waals surface area contributed by atoms with E-state index in [1.807, 2.05) is 6.92 Å². The van der Waals surface area contributed by atoms with Crippen LogP contribution in [0, 0.1) is 0 Å². The van der Waals surface area contributed by atoms with E-state index < -0.39 is 0 Å². The fourth-order valence-electron chi connectivity index (χ4n) is 4.11. The van der Waals surface area contributed by atoms with E-state index in [1.165, 1.54) is 0 Å². The molecule has 1 aromatic rings. The quantitative estimate of drug-likeness (QED) is 0.641. The third-order valence-electron chi connectivity index (χ3n) is 5.49. The topological polar surface area (TPSA) is 58.4 Å². The van der Waals surface area contributed by atoms with Gasteiger partial charge in [0.05, 0.1) is 5.54 Å². The van der Waals surface area contributed by atoms with Crippen LogP contribution in [0.25, 0.3) is 0 Å². The van der Waals surface area contributed by atoms with Crippen LogP contribution in [0.5, 0.6) is 0 Å². The molecule has 0 aliphatic heterocycles. The van der Waals surface area contributed by atoms with Gasteiger partial charge in [-0.25, -0.2) is 0 Å². The second-order valence-corrected chi connectivity index (χ2v) is 7.34. The van der Waals surface area contributed by atoms with Gasteiger partial charge >= 0.3 is 0 Å². The zero-order valence-electron chi connectivity index (χ0n) is 17.2. The average Bonchev–Trinajstić information content (AvgIpc) is 3.05. The van der Waals surface area contributed by atoms with Crippen LogP contribution in [0.3, 0.4) is 0 Å². The van der Waals surface area contributed by atoms with Gasteiger partial charge in [-0.15, -0.1) is 0 Å². The monoisotopic (exact) mass is 351 g/mol. The van der Waals surface area contributed by atoms with E-state index in [0.29, 0.717) is 5.69 Å². The number of hydrogen-bond donors (Lipinski definition) is 1. The molecule has 0 unspecified atom stereocenters. The predicted molar refractivity (Wildman–Crippen MR) is 103 cm³/mol. The van der Waals surface area contributed by atoms with Gasteiger partial charge in [0.15, 0.2) is 5.69 Å². The summed E-state index contributed by atoms with van der Waals surface area (Å²) in [5, 5.41) is 7.17. The fourth-order valence-corrected chi connectivity index (χ4v) is 4.11. The minimum absolute atomic E-state index is 0.0913. The molecule has 0 aromatic carbocycles. The zero-order chi connectivity index (χ0) is 19.1. The third-order valence-corrected chi connectivity index (χ3v) is 5.49. The van der Waals surface area contributed by atoms with Crippen LogP contribution < -0.4 is 5.32 Å². The summed E-state index contributed by atoms with van der Waals surface area (Å²) in [4.78, 5) is 15.3. The van der Waals surface area contributed by atoms with Crippen molar-refractivity contribution < 1.29 is 9.32 Å². The van der Waals surface area contributed by atoms with Crippen molar-refractivity contribution in [1.29, 1.82) is 0 Å². The summed E-state index contributed by atoms with van der Waals surface area (Å²) in [5.41, 5.74) is -0.113. The molecule has 0 saturated carbocycles. The highest BCUT2D eigenvalue weighted by Crippen LogP contribution is 2.36. The smallest absolute Gasteiger partial charge is 0.273 e. The molecule has 0 aliphatic rings. The summed E-state index contributed by atoms with van der Waals surface area (Å²) in [6, 6.07) is 1.74. The number of amides is 1. The van der Waals surface area contributed by atoms with Crippen molar-refractivity contribution in [1.82, 2.24) is 15.4 Å². The maximum atomic E-state index is 12.8. The predicted octanol–water partition coefficient (Wildman–Crippen LogP) is 4.43. The second kappa shape index (κ2) is 9.37. The standard InChI is InChI=1S/C20H37N3O2/c1-8-13-23(14-9-2)20(11-4,12-5)19(6,7)21-18(24)17-15-16(10-3)25-22-17/h15H,8-14H2,1-7H3,(H,21,24). The highest BCUT2D eigenvalue weighted by molar-refractivity contribution is 5.92. The van der Waals surface area contributed by atoms with Crippen LogP contribution in [-0.2, 0) is 6.42 Å². The van der Waals surface area contributed by atoms with Crippen LogP contribution in [-0.4, -0.2) is 40.1 Å². The van der Waals surface area contributed by atoms with Crippen LogP contribution in [0.4, 0.5) is 0 Å². The average molecular weight is 352 g/mol. The van der Waals surface area contributed by atoms with Gasteiger partial charge in [-0.3, -0.25) is 9.69 Å². The lowest BCUT2D eigenvalue weighted by Crippen LogP contribution is -2.68. The summed E-state index contributed by atoms with van der Waals surface area (Å²) >= 11 is 0. The number of rotatable bonds is 11. The van der Waals surface area contributed by atoms with E-state index in [4.69, 9.17) is 4.52 Å². The van der Waals surface area contributed by atoms with Crippen molar-refractivity contribution in [2.75, 3.05) is 13.1 Å². The van der Waals surface area contributed by atoms with Crippen LogP contribution in [0.15, 0.2) is 10.6 Å². The molecule has 0 spiro atoms. The summed E-state index contributed by atoms with van der Waals surface area (Å²) < 4.78 is 5.19. The Morgan fingerprint density at radius 1 is 1.12 bits per heavy atom. The van der Waals surface area contributed by atoms with E-state index in [9.17, 15) is 4.79 Å². The Morgan fingerprint density at radius 3 is 2.08 bits per heavy atom. The summed E-state index contributed by atoms with van der Waals surface area (Å²) in [5.74, 6) is 0.575. The highest BCUT2D eigenvalue weighted by Gasteiger charge is 2.47. The van der Waals surface area contributed by atoms with Gasteiger partial charge in [0.1, 0.15) is 5.76 Å².